The summed E-state index contributed by atoms with van der Waals surface area (Å²) in [6.07, 6.45) is 1.61. The summed E-state index contributed by atoms with van der Waals surface area (Å²) >= 11 is 7.44. The highest BCUT2D eigenvalue weighted by Gasteiger charge is 2.23. The van der Waals surface area contributed by atoms with Gasteiger partial charge in [0.05, 0.1) is 15.8 Å². The number of pyridine rings is 1. The molecule has 0 spiro atoms. The van der Waals surface area contributed by atoms with Crippen LogP contribution >= 0.6 is 22.9 Å². The second-order valence-electron chi connectivity index (χ2n) is 6.35. The van der Waals surface area contributed by atoms with Gasteiger partial charge in [0.1, 0.15) is 11.4 Å². The van der Waals surface area contributed by atoms with Gasteiger partial charge in [-0.25, -0.2) is 4.79 Å². The Balaban J connectivity index is 2.14. The minimum absolute atomic E-state index is 0.124. The number of rotatable bonds is 2. The molecule has 0 atom stereocenters. The Hall–Kier alpha value is -2.11. The second-order valence-corrected chi connectivity index (χ2v) is 7.67. The van der Waals surface area contributed by atoms with Crippen molar-refractivity contribution in [3.63, 3.8) is 0 Å². The van der Waals surface area contributed by atoms with Gasteiger partial charge in [0, 0.05) is 27.7 Å². The molecule has 3 rings (SSSR count). The number of aromatic nitrogens is 1. The van der Waals surface area contributed by atoms with Gasteiger partial charge in [-0.3, -0.25) is 4.98 Å². The van der Waals surface area contributed by atoms with Crippen LogP contribution in [0.15, 0.2) is 35.8 Å². The molecule has 0 radical (unpaired) electrons. The molecule has 2 heterocycles. The van der Waals surface area contributed by atoms with Gasteiger partial charge in [-0.2, -0.15) is 0 Å². The topological polar surface area (TPSA) is 59.4 Å². The lowest BCUT2D eigenvalue weighted by Crippen LogP contribution is -2.23. The van der Waals surface area contributed by atoms with E-state index in [1.807, 2.05) is 20.8 Å². The number of benzene rings is 1. The molecule has 0 amide bonds. The van der Waals surface area contributed by atoms with Crippen molar-refractivity contribution in [1.29, 1.82) is 0 Å². The highest BCUT2D eigenvalue weighted by molar-refractivity contribution is 7.18. The number of phenols is 1. The Kier molecular flexibility index (Phi) is 4.24. The molecule has 124 valence electrons. The van der Waals surface area contributed by atoms with Crippen molar-refractivity contribution in [2.45, 2.75) is 26.4 Å². The fourth-order valence-electron chi connectivity index (χ4n) is 2.35. The maximum atomic E-state index is 12.4. The average molecular weight is 362 g/mol. The summed E-state index contributed by atoms with van der Waals surface area (Å²) in [4.78, 5) is 16.7. The van der Waals surface area contributed by atoms with Gasteiger partial charge in [-0.05, 0) is 45.0 Å². The molecule has 0 aliphatic heterocycles. The quantitative estimate of drug-likeness (QED) is 0.631. The van der Waals surface area contributed by atoms with Crippen LogP contribution in [0.25, 0.3) is 21.3 Å². The van der Waals surface area contributed by atoms with E-state index in [9.17, 15) is 9.90 Å². The first-order valence-electron chi connectivity index (χ1n) is 7.35. The van der Waals surface area contributed by atoms with Gasteiger partial charge < -0.3 is 9.84 Å². The van der Waals surface area contributed by atoms with Crippen molar-refractivity contribution >= 4 is 39.1 Å². The number of halogens is 1. The number of ether oxygens (including phenoxy) is 1. The minimum atomic E-state index is -0.575. The maximum absolute atomic E-state index is 12.4. The molecule has 4 nitrogen and oxygen atoms in total. The summed E-state index contributed by atoms with van der Waals surface area (Å²) < 4.78 is 6.24. The van der Waals surface area contributed by atoms with E-state index < -0.39 is 11.6 Å². The van der Waals surface area contributed by atoms with Gasteiger partial charge in [-0.1, -0.05) is 11.6 Å². The summed E-state index contributed by atoms with van der Waals surface area (Å²) in [5.74, 6) is -0.284. The van der Waals surface area contributed by atoms with Crippen LogP contribution < -0.4 is 0 Å². The van der Waals surface area contributed by atoms with Gasteiger partial charge >= 0.3 is 5.97 Å². The van der Waals surface area contributed by atoms with Gasteiger partial charge in [-0.15, -0.1) is 11.3 Å². The summed E-state index contributed by atoms with van der Waals surface area (Å²) in [7, 11) is 0. The van der Waals surface area contributed by atoms with Crippen LogP contribution in [0, 0.1) is 0 Å². The molecule has 6 heteroatoms. The maximum Gasteiger partial charge on any atom is 0.341 e. The molecular formula is C18H16ClNO3S. The molecule has 0 saturated heterocycles. The fourth-order valence-corrected chi connectivity index (χ4v) is 3.54. The molecule has 0 fully saturated rings. The van der Waals surface area contributed by atoms with E-state index in [1.54, 1.807) is 35.8 Å². The van der Waals surface area contributed by atoms with Crippen LogP contribution in [0.5, 0.6) is 5.75 Å². The molecule has 1 aromatic carbocycles. The average Bonchev–Trinajstić information content (AvgIpc) is 2.92. The molecule has 3 aromatic rings. The van der Waals surface area contributed by atoms with E-state index in [4.69, 9.17) is 16.3 Å². The predicted octanol–water partition coefficient (Wildman–Crippen LogP) is 5.28. The summed E-state index contributed by atoms with van der Waals surface area (Å²) in [6.45, 7) is 5.47. The lowest BCUT2D eigenvalue weighted by Gasteiger charge is -2.19. The SMILES string of the molecule is CC(C)(C)OC(=O)c1csc2c(-c3cc(Cl)ccc3O)ccnc12. The molecular weight excluding hydrogens is 346 g/mol. The standard InChI is InChI=1S/C18H16ClNO3S/c1-18(2,3)23-17(22)13-9-24-16-11(6-7-20-15(13)16)12-8-10(19)4-5-14(12)21/h4-9,21H,1-3H3. The largest absolute Gasteiger partial charge is 0.507 e. The number of hydrogen-bond donors (Lipinski definition) is 1. The number of phenolic OH excluding ortho intramolecular Hbond substituents is 1. The third-order valence-electron chi connectivity index (χ3n) is 3.32. The minimum Gasteiger partial charge on any atom is -0.507 e. The van der Waals surface area contributed by atoms with Crippen LogP contribution in [0.2, 0.25) is 5.02 Å². The molecule has 2 aromatic heterocycles. The van der Waals surface area contributed by atoms with Gasteiger partial charge in [0.15, 0.2) is 0 Å². The van der Waals surface area contributed by atoms with Crippen molar-refractivity contribution in [1.82, 2.24) is 4.98 Å². The second kappa shape index (κ2) is 6.07. The first-order valence-corrected chi connectivity index (χ1v) is 8.60. The van der Waals surface area contributed by atoms with Crippen LogP contribution in [0.1, 0.15) is 31.1 Å². The van der Waals surface area contributed by atoms with E-state index in [0.717, 1.165) is 10.3 Å². The van der Waals surface area contributed by atoms with Crippen molar-refractivity contribution in [3.8, 4) is 16.9 Å². The zero-order valence-corrected chi connectivity index (χ0v) is 15.0. The van der Waals surface area contributed by atoms with E-state index in [-0.39, 0.29) is 5.75 Å². The lowest BCUT2D eigenvalue weighted by molar-refractivity contribution is 0.00721. The Morgan fingerprint density at radius 3 is 2.71 bits per heavy atom. The third kappa shape index (κ3) is 3.23. The number of thiophene rings is 1. The highest BCUT2D eigenvalue weighted by Crippen LogP contribution is 2.39. The molecule has 0 bridgehead atoms. The van der Waals surface area contributed by atoms with Crippen molar-refractivity contribution in [2.75, 3.05) is 0 Å². The molecule has 0 unspecified atom stereocenters. The smallest absolute Gasteiger partial charge is 0.341 e. The molecule has 1 N–H and O–H groups in total. The molecule has 0 aliphatic rings. The summed E-state index contributed by atoms with van der Waals surface area (Å²) in [6, 6.07) is 6.66. The predicted molar refractivity (Wildman–Crippen MR) is 96.9 cm³/mol. The lowest BCUT2D eigenvalue weighted by atomic mass is 10.0. The number of fused-ring (bicyclic) bond motifs is 1. The Morgan fingerprint density at radius 2 is 2.00 bits per heavy atom. The monoisotopic (exact) mass is 361 g/mol. The highest BCUT2D eigenvalue weighted by atomic mass is 35.5. The van der Waals surface area contributed by atoms with E-state index >= 15 is 0 Å². The first-order chi connectivity index (χ1) is 11.3. The number of esters is 1. The number of aromatic hydroxyl groups is 1. The van der Waals surface area contributed by atoms with E-state index in [1.165, 1.54) is 11.3 Å². The van der Waals surface area contributed by atoms with Crippen LogP contribution in [0.3, 0.4) is 0 Å². The van der Waals surface area contributed by atoms with Crippen molar-refractivity contribution in [2.24, 2.45) is 0 Å². The van der Waals surface area contributed by atoms with E-state index in [2.05, 4.69) is 4.98 Å². The van der Waals surface area contributed by atoms with E-state index in [0.29, 0.717) is 21.7 Å². The zero-order chi connectivity index (χ0) is 17.5. The summed E-state index contributed by atoms with van der Waals surface area (Å²) in [5.41, 5.74) is 1.79. The fraction of sp³-hybridized carbons (Fsp3) is 0.222. The number of carbonyl (C=O) groups excluding carboxylic acids is 1. The Bertz CT molecular complexity index is 928. The van der Waals surface area contributed by atoms with Crippen molar-refractivity contribution in [3.05, 3.63) is 46.4 Å². The number of hydrogen-bond acceptors (Lipinski definition) is 5. The first kappa shape index (κ1) is 16.7. The zero-order valence-electron chi connectivity index (χ0n) is 13.5. The number of nitrogens with zero attached hydrogens (tertiary/aromatic N) is 1. The normalized spacial score (nSPS) is 11.7. The van der Waals surface area contributed by atoms with Crippen LogP contribution in [0.4, 0.5) is 0 Å². The number of carbonyl (C=O) groups is 1. The Labute approximate surface area is 148 Å². The molecule has 24 heavy (non-hydrogen) atoms. The van der Waals surface area contributed by atoms with Gasteiger partial charge in [0.2, 0.25) is 0 Å². The van der Waals surface area contributed by atoms with Crippen molar-refractivity contribution < 1.29 is 14.6 Å². The summed E-state index contributed by atoms with van der Waals surface area (Å²) in [5, 5.41) is 12.4. The molecule has 0 aliphatic carbocycles. The van der Waals surface area contributed by atoms with Crippen LogP contribution in [-0.2, 0) is 4.74 Å². The van der Waals surface area contributed by atoms with Crippen LogP contribution in [-0.4, -0.2) is 21.7 Å². The Morgan fingerprint density at radius 1 is 1.25 bits per heavy atom. The molecule has 0 saturated carbocycles. The van der Waals surface area contributed by atoms with Gasteiger partial charge in [0.25, 0.3) is 0 Å². The third-order valence-corrected chi connectivity index (χ3v) is 4.56.